The molecule has 0 spiro atoms. The van der Waals surface area contributed by atoms with Crippen LogP contribution in [-0.4, -0.2) is 25.2 Å². The van der Waals surface area contributed by atoms with Crippen molar-refractivity contribution in [3.05, 3.63) is 81.3 Å². The second-order valence-corrected chi connectivity index (χ2v) is 8.47. The number of aryl methyl sites for hydroxylation is 3. The van der Waals surface area contributed by atoms with E-state index in [9.17, 15) is 9.59 Å². The number of pyridine rings is 1. The van der Waals surface area contributed by atoms with Crippen LogP contribution in [0.2, 0.25) is 0 Å². The number of aromatic nitrogens is 4. The standard InChI is InChI=1S/C24H29N5O2/c1-17-5-6-18(2)21(12-17)15-26-23(30)13-19-7-8-22-27-29(24(31)28(22)11-9-19)16-20-4-3-10-25-14-20/h3-6,10,12,14,19H,7-9,11,13,15-16H2,1-2H3,(H,26,30). The number of benzene rings is 1. The summed E-state index contributed by atoms with van der Waals surface area (Å²) in [5, 5.41) is 7.62. The zero-order valence-electron chi connectivity index (χ0n) is 18.2. The molecular formula is C24H29N5O2. The van der Waals surface area contributed by atoms with Crippen LogP contribution in [0, 0.1) is 19.8 Å². The molecule has 0 radical (unpaired) electrons. The lowest BCUT2D eigenvalue weighted by molar-refractivity contribution is -0.122. The molecule has 1 atom stereocenters. The summed E-state index contributed by atoms with van der Waals surface area (Å²) in [5.74, 6) is 1.14. The van der Waals surface area contributed by atoms with E-state index < -0.39 is 0 Å². The van der Waals surface area contributed by atoms with Gasteiger partial charge in [0.05, 0.1) is 6.54 Å². The smallest absolute Gasteiger partial charge is 0.346 e. The monoisotopic (exact) mass is 419 g/mol. The SMILES string of the molecule is Cc1ccc(C)c(CNC(=O)CC2CCc3nn(Cc4cccnc4)c(=O)n3CC2)c1. The molecule has 1 unspecified atom stereocenters. The average molecular weight is 420 g/mol. The van der Waals surface area contributed by atoms with Crippen molar-refractivity contribution < 1.29 is 4.79 Å². The highest BCUT2D eigenvalue weighted by Crippen LogP contribution is 2.21. The maximum Gasteiger partial charge on any atom is 0.346 e. The lowest BCUT2D eigenvalue weighted by Gasteiger charge is -2.14. The largest absolute Gasteiger partial charge is 0.352 e. The highest BCUT2D eigenvalue weighted by molar-refractivity contribution is 5.76. The van der Waals surface area contributed by atoms with E-state index >= 15 is 0 Å². The molecule has 1 amide bonds. The van der Waals surface area contributed by atoms with Crippen LogP contribution < -0.4 is 11.0 Å². The summed E-state index contributed by atoms with van der Waals surface area (Å²) in [7, 11) is 0. The Kier molecular flexibility index (Phi) is 6.30. The van der Waals surface area contributed by atoms with Gasteiger partial charge in [0.2, 0.25) is 5.91 Å². The fourth-order valence-corrected chi connectivity index (χ4v) is 4.18. The molecule has 3 heterocycles. The van der Waals surface area contributed by atoms with E-state index in [1.54, 1.807) is 17.0 Å². The fourth-order valence-electron chi connectivity index (χ4n) is 4.18. The van der Waals surface area contributed by atoms with Gasteiger partial charge in [0.25, 0.3) is 0 Å². The first-order valence-corrected chi connectivity index (χ1v) is 10.9. The van der Waals surface area contributed by atoms with E-state index in [1.807, 2.05) is 12.1 Å². The third-order valence-corrected chi connectivity index (χ3v) is 6.05. The van der Waals surface area contributed by atoms with Gasteiger partial charge in [0.15, 0.2) is 0 Å². The highest BCUT2D eigenvalue weighted by Gasteiger charge is 2.22. The Morgan fingerprint density at radius 2 is 2.10 bits per heavy atom. The second kappa shape index (κ2) is 9.29. The third-order valence-electron chi connectivity index (χ3n) is 6.05. The van der Waals surface area contributed by atoms with Crippen LogP contribution in [0.25, 0.3) is 0 Å². The maximum absolute atomic E-state index is 12.8. The minimum absolute atomic E-state index is 0.0689. The Morgan fingerprint density at radius 1 is 1.23 bits per heavy atom. The third kappa shape index (κ3) is 5.10. The Hall–Kier alpha value is -3.22. The predicted molar refractivity (Wildman–Crippen MR) is 119 cm³/mol. The number of carbonyl (C=O) groups is 1. The van der Waals surface area contributed by atoms with Gasteiger partial charge in [0.1, 0.15) is 5.82 Å². The van der Waals surface area contributed by atoms with E-state index in [2.05, 4.69) is 47.4 Å². The van der Waals surface area contributed by atoms with Gasteiger partial charge >= 0.3 is 5.69 Å². The van der Waals surface area contributed by atoms with Crippen LogP contribution in [0.5, 0.6) is 0 Å². The molecule has 1 aliphatic heterocycles. The number of rotatable bonds is 6. The molecule has 31 heavy (non-hydrogen) atoms. The molecule has 0 saturated heterocycles. The summed E-state index contributed by atoms with van der Waals surface area (Å²) in [6.07, 6.45) is 6.34. The molecule has 4 rings (SSSR count). The molecule has 7 heteroatoms. The molecule has 1 aromatic carbocycles. The summed E-state index contributed by atoms with van der Waals surface area (Å²) >= 11 is 0. The lowest BCUT2D eigenvalue weighted by atomic mass is 9.96. The number of hydrogen-bond donors (Lipinski definition) is 1. The molecule has 2 aromatic heterocycles. The molecule has 0 saturated carbocycles. The van der Waals surface area contributed by atoms with Crippen molar-refractivity contribution in [2.45, 2.75) is 59.2 Å². The molecule has 3 aromatic rings. The Balaban J connectivity index is 1.33. The zero-order chi connectivity index (χ0) is 21.8. The van der Waals surface area contributed by atoms with Gasteiger partial charge in [-0.15, -0.1) is 0 Å². The Bertz CT molecular complexity index is 1120. The van der Waals surface area contributed by atoms with Crippen LogP contribution in [0.3, 0.4) is 0 Å². The van der Waals surface area contributed by atoms with Gasteiger partial charge in [-0.1, -0.05) is 29.8 Å². The Labute approximate surface area is 182 Å². The van der Waals surface area contributed by atoms with E-state index in [1.165, 1.54) is 15.8 Å². The second-order valence-electron chi connectivity index (χ2n) is 8.47. The normalized spacial score (nSPS) is 15.9. The van der Waals surface area contributed by atoms with Gasteiger partial charge < -0.3 is 5.32 Å². The van der Waals surface area contributed by atoms with Crippen molar-refractivity contribution in [2.24, 2.45) is 5.92 Å². The minimum atomic E-state index is -0.0844. The van der Waals surface area contributed by atoms with Crippen molar-refractivity contribution in [2.75, 3.05) is 0 Å². The van der Waals surface area contributed by atoms with Crippen LogP contribution >= 0.6 is 0 Å². The molecule has 0 aliphatic carbocycles. The number of nitrogens with one attached hydrogen (secondary N) is 1. The molecule has 1 aliphatic rings. The van der Waals surface area contributed by atoms with Crippen molar-refractivity contribution in [3.63, 3.8) is 0 Å². The minimum Gasteiger partial charge on any atom is -0.352 e. The summed E-state index contributed by atoms with van der Waals surface area (Å²) in [6.45, 7) is 5.71. The summed E-state index contributed by atoms with van der Waals surface area (Å²) in [5.41, 5.74) is 4.41. The van der Waals surface area contributed by atoms with E-state index in [4.69, 9.17) is 0 Å². The quantitative estimate of drug-likeness (QED) is 0.666. The summed E-state index contributed by atoms with van der Waals surface area (Å²) in [6, 6.07) is 10.1. The molecule has 0 fully saturated rings. The highest BCUT2D eigenvalue weighted by atomic mass is 16.2. The number of fused-ring (bicyclic) bond motifs is 1. The summed E-state index contributed by atoms with van der Waals surface area (Å²) in [4.78, 5) is 29.4. The number of nitrogens with zero attached hydrogens (tertiary/aromatic N) is 4. The van der Waals surface area contributed by atoms with Crippen LogP contribution in [-0.2, 0) is 30.8 Å². The van der Waals surface area contributed by atoms with Crippen LogP contribution in [0.4, 0.5) is 0 Å². The number of carbonyl (C=O) groups excluding carboxylic acids is 1. The van der Waals surface area contributed by atoms with E-state index in [0.29, 0.717) is 32.5 Å². The van der Waals surface area contributed by atoms with Crippen molar-refractivity contribution in [1.29, 1.82) is 0 Å². The topological polar surface area (TPSA) is 81.8 Å². The predicted octanol–water partition coefficient (Wildman–Crippen LogP) is 2.76. The van der Waals surface area contributed by atoms with E-state index in [-0.39, 0.29) is 17.5 Å². The average Bonchev–Trinajstić information content (AvgIpc) is 2.92. The van der Waals surface area contributed by atoms with Crippen molar-refractivity contribution in [1.82, 2.24) is 24.6 Å². The van der Waals surface area contributed by atoms with Gasteiger partial charge in [-0.3, -0.25) is 14.3 Å². The van der Waals surface area contributed by atoms with Gasteiger partial charge in [-0.2, -0.15) is 5.10 Å². The zero-order valence-corrected chi connectivity index (χ0v) is 18.2. The number of amides is 1. The fraction of sp³-hybridized carbons (Fsp3) is 0.417. The maximum atomic E-state index is 12.8. The van der Waals surface area contributed by atoms with Crippen molar-refractivity contribution in [3.8, 4) is 0 Å². The Morgan fingerprint density at radius 3 is 2.90 bits per heavy atom. The molecule has 0 bridgehead atoms. The molecule has 1 N–H and O–H groups in total. The van der Waals surface area contributed by atoms with Gasteiger partial charge in [-0.25, -0.2) is 9.48 Å². The molecular weight excluding hydrogens is 390 g/mol. The first kappa shape index (κ1) is 21.0. The first-order valence-electron chi connectivity index (χ1n) is 10.9. The van der Waals surface area contributed by atoms with E-state index in [0.717, 1.165) is 29.8 Å². The molecule has 7 nitrogen and oxygen atoms in total. The van der Waals surface area contributed by atoms with Gasteiger partial charge in [0, 0.05) is 38.3 Å². The first-order chi connectivity index (χ1) is 15.0. The van der Waals surface area contributed by atoms with Crippen molar-refractivity contribution >= 4 is 5.91 Å². The van der Waals surface area contributed by atoms with Crippen LogP contribution in [0.15, 0.2) is 47.5 Å². The lowest BCUT2D eigenvalue weighted by Crippen LogP contribution is -2.27. The molecule has 162 valence electrons. The summed E-state index contributed by atoms with van der Waals surface area (Å²) < 4.78 is 3.29. The van der Waals surface area contributed by atoms with Crippen LogP contribution in [0.1, 0.15) is 47.3 Å². The number of hydrogen-bond acceptors (Lipinski definition) is 4. The van der Waals surface area contributed by atoms with Gasteiger partial charge in [-0.05, 0) is 55.4 Å².